The summed E-state index contributed by atoms with van der Waals surface area (Å²) in [6, 6.07) is 7.45. The summed E-state index contributed by atoms with van der Waals surface area (Å²) in [5.74, 6) is 1.83. The third kappa shape index (κ3) is 12.0. The summed E-state index contributed by atoms with van der Waals surface area (Å²) >= 11 is 0. The Balaban J connectivity index is 0.00000729. The van der Waals surface area contributed by atoms with Crippen molar-refractivity contribution in [2.75, 3.05) is 26.3 Å². The van der Waals surface area contributed by atoms with Crippen LogP contribution in [0.15, 0.2) is 29.3 Å². The SMILES string of the molecule is CCNC(=NCc1cccc(OCC(N)=O)c1)NCC(CCO)CC(C)C.I. The molecule has 1 unspecified atom stereocenters. The van der Waals surface area contributed by atoms with E-state index in [-0.39, 0.29) is 37.2 Å². The van der Waals surface area contributed by atoms with Gasteiger partial charge in [-0.25, -0.2) is 4.99 Å². The standard InChI is InChI=1S/C20H34N4O3.HI/c1-4-22-20(24-13-17(8-9-25)10-15(2)3)23-12-16-6-5-7-18(11-16)27-14-19(21)26;/h5-7,11,15,17,25H,4,8-10,12-14H2,1-3H3,(H2,21,26)(H2,22,23,24);1H. The summed E-state index contributed by atoms with van der Waals surface area (Å²) in [4.78, 5) is 15.4. The number of nitrogens with zero attached hydrogens (tertiary/aromatic N) is 1. The fourth-order valence-corrected chi connectivity index (χ4v) is 2.79. The largest absolute Gasteiger partial charge is 0.484 e. The lowest BCUT2D eigenvalue weighted by atomic mass is 9.94. The van der Waals surface area contributed by atoms with Gasteiger partial charge in [0.1, 0.15) is 5.75 Å². The maximum Gasteiger partial charge on any atom is 0.255 e. The number of halogens is 1. The van der Waals surface area contributed by atoms with Crippen molar-refractivity contribution >= 4 is 35.8 Å². The number of aliphatic hydroxyl groups excluding tert-OH is 1. The number of benzene rings is 1. The van der Waals surface area contributed by atoms with E-state index in [0.29, 0.717) is 24.1 Å². The number of hydrogen-bond acceptors (Lipinski definition) is 4. The number of guanidine groups is 1. The summed E-state index contributed by atoms with van der Waals surface area (Å²) in [5, 5.41) is 15.9. The van der Waals surface area contributed by atoms with E-state index >= 15 is 0 Å². The van der Waals surface area contributed by atoms with Gasteiger partial charge < -0.3 is 26.2 Å². The Labute approximate surface area is 185 Å². The number of nitrogens with two attached hydrogens (primary N) is 1. The number of nitrogens with one attached hydrogen (secondary N) is 2. The van der Waals surface area contributed by atoms with Gasteiger partial charge in [-0.2, -0.15) is 0 Å². The summed E-state index contributed by atoms with van der Waals surface area (Å²) in [7, 11) is 0. The number of ether oxygens (including phenoxy) is 1. The van der Waals surface area contributed by atoms with Crippen LogP contribution in [0, 0.1) is 11.8 Å². The van der Waals surface area contributed by atoms with E-state index in [1.807, 2.05) is 25.1 Å². The monoisotopic (exact) mass is 506 g/mol. The average Bonchev–Trinajstić information content (AvgIpc) is 2.62. The number of aliphatic imine (C=N–C) groups is 1. The Kier molecular flexibility index (Phi) is 14.5. The Morgan fingerprint density at radius 1 is 1.32 bits per heavy atom. The number of amides is 1. The minimum Gasteiger partial charge on any atom is -0.484 e. The lowest BCUT2D eigenvalue weighted by molar-refractivity contribution is -0.119. The number of aliphatic hydroxyl groups is 1. The topological polar surface area (TPSA) is 109 Å². The Morgan fingerprint density at radius 2 is 2.07 bits per heavy atom. The van der Waals surface area contributed by atoms with Gasteiger partial charge in [-0.05, 0) is 49.3 Å². The van der Waals surface area contributed by atoms with Crippen LogP contribution in [0.25, 0.3) is 0 Å². The molecule has 0 saturated carbocycles. The molecule has 0 bridgehead atoms. The van der Waals surface area contributed by atoms with Crippen molar-refractivity contribution in [3.63, 3.8) is 0 Å². The third-order valence-electron chi connectivity index (χ3n) is 3.94. The molecule has 0 aliphatic carbocycles. The van der Waals surface area contributed by atoms with E-state index in [9.17, 15) is 9.90 Å². The van der Waals surface area contributed by atoms with Crippen LogP contribution in [0.3, 0.4) is 0 Å². The van der Waals surface area contributed by atoms with Gasteiger partial charge in [-0.1, -0.05) is 26.0 Å². The molecule has 0 heterocycles. The number of primary amides is 1. The summed E-state index contributed by atoms with van der Waals surface area (Å²) in [6.45, 7) is 8.49. The molecule has 0 saturated heterocycles. The normalized spacial score (nSPS) is 12.2. The van der Waals surface area contributed by atoms with Crippen molar-refractivity contribution in [1.82, 2.24) is 10.6 Å². The fourth-order valence-electron chi connectivity index (χ4n) is 2.79. The zero-order chi connectivity index (χ0) is 20.1. The van der Waals surface area contributed by atoms with Crippen molar-refractivity contribution in [3.8, 4) is 5.75 Å². The summed E-state index contributed by atoms with van der Waals surface area (Å²) < 4.78 is 5.33. The van der Waals surface area contributed by atoms with Gasteiger partial charge in [-0.3, -0.25) is 4.79 Å². The highest BCUT2D eigenvalue weighted by Crippen LogP contribution is 2.15. The summed E-state index contributed by atoms with van der Waals surface area (Å²) in [5.41, 5.74) is 6.08. The first-order valence-electron chi connectivity index (χ1n) is 9.57. The van der Waals surface area contributed by atoms with Crippen LogP contribution >= 0.6 is 24.0 Å². The zero-order valence-corrected chi connectivity index (χ0v) is 19.4. The number of carbonyl (C=O) groups is 1. The molecule has 1 aromatic carbocycles. The van der Waals surface area contributed by atoms with Gasteiger partial charge in [0, 0.05) is 19.7 Å². The predicted molar refractivity (Wildman–Crippen MR) is 124 cm³/mol. The van der Waals surface area contributed by atoms with Crippen LogP contribution in [0.5, 0.6) is 5.75 Å². The van der Waals surface area contributed by atoms with Gasteiger partial charge in [-0.15, -0.1) is 24.0 Å². The predicted octanol–water partition coefficient (Wildman–Crippen LogP) is 2.27. The van der Waals surface area contributed by atoms with Crippen molar-refractivity contribution < 1.29 is 14.6 Å². The van der Waals surface area contributed by atoms with Gasteiger partial charge in [0.05, 0.1) is 6.54 Å². The molecule has 7 nitrogen and oxygen atoms in total. The summed E-state index contributed by atoms with van der Waals surface area (Å²) in [6.07, 6.45) is 1.84. The molecule has 0 radical (unpaired) electrons. The molecular formula is C20H35IN4O3. The van der Waals surface area contributed by atoms with Crippen LogP contribution in [0.1, 0.15) is 39.2 Å². The van der Waals surface area contributed by atoms with Gasteiger partial charge in [0.2, 0.25) is 0 Å². The number of hydrogen-bond donors (Lipinski definition) is 4. The number of carbonyl (C=O) groups excluding carboxylic acids is 1. The molecule has 0 aliphatic rings. The van der Waals surface area contributed by atoms with E-state index in [1.54, 1.807) is 6.07 Å². The lowest BCUT2D eigenvalue weighted by Crippen LogP contribution is -2.40. The maximum absolute atomic E-state index is 10.8. The van der Waals surface area contributed by atoms with E-state index in [4.69, 9.17) is 10.5 Å². The lowest BCUT2D eigenvalue weighted by Gasteiger charge is -2.20. The molecule has 0 fully saturated rings. The van der Waals surface area contributed by atoms with Crippen molar-refractivity contribution in [2.24, 2.45) is 22.6 Å². The molecular weight excluding hydrogens is 471 g/mol. The van der Waals surface area contributed by atoms with Gasteiger partial charge in [0.25, 0.3) is 5.91 Å². The second kappa shape index (κ2) is 15.4. The van der Waals surface area contributed by atoms with E-state index in [0.717, 1.165) is 37.5 Å². The second-order valence-corrected chi connectivity index (χ2v) is 6.99. The van der Waals surface area contributed by atoms with Gasteiger partial charge >= 0.3 is 0 Å². The molecule has 28 heavy (non-hydrogen) atoms. The molecule has 1 amide bonds. The van der Waals surface area contributed by atoms with E-state index in [2.05, 4.69) is 29.5 Å². The van der Waals surface area contributed by atoms with Crippen LogP contribution in [0.4, 0.5) is 0 Å². The van der Waals surface area contributed by atoms with E-state index < -0.39 is 5.91 Å². The highest BCUT2D eigenvalue weighted by Gasteiger charge is 2.11. The molecule has 1 rings (SSSR count). The van der Waals surface area contributed by atoms with Crippen molar-refractivity contribution in [2.45, 2.75) is 40.2 Å². The van der Waals surface area contributed by atoms with E-state index in [1.165, 1.54) is 0 Å². The molecule has 5 N–H and O–H groups in total. The van der Waals surface area contributed by atoms with Crippen LogP contribution in [-0.4, -0.2) is 43.3 Å². The quantitative estimate of drug-likeness (QED) is 0.198. The van der Waals surface area contributed by atoms with Crippen LogP contribution in [-0.2, 0) is 11.3 Å². The Morgan fingerprint density at radius 3 is 2.68 bits per heavy atom. The first kappa shape index (κ1) is 26.4. The van der Waals surface area contributed by atoms with Crippen molar-refractivity contribution in [1.29, 1.82) is 0 Å². The Hall–Kier alpha value is -1.55. The molecule has 8 heteroatoms. The third-order valence-corrected chi connectivity index (χ3v) is 3.94. The molecule has 1 atom stereocenters. The van der Waals surface area contributed by atoms with Gasteiger partial charge in [0.15, 0.2) is 12.6 Å². The smallest absolute Gasteiger partial charge is 0.255 e. The molecule has 160 valence electrons. The van der Waals surface area contributed by atoms with Crippen LogP contribution in [0.2, 0.25) is 0 Å². The first-order valence-corrected chi connectivity index (χ1v) is 9.57. The minimum absolute atomic E-state index is 0. The molecule has 0 aliphatic heterocycles. The molecule has 0 aromatic heterocycles. The molecule has 1 aromatic rings. The fraction of sp³-hybridized carbons (Fsp3) is 0.600. The molecule has 0 spiro atoms. The average molecular weight is 506 g/mol. The second-order valence-electron chi connectivity index (χ2n) is 6.99. The first-order chi connectivity index (χ1) is 12.9. The maximum atomic E-state index is 10.8. The van der Waals surface area contributed by atoms with Crippen molar-refractivity contribution in [3.05, 3.63) is 29.8 Å². The Bertz CT molecular complexity index is 597. The minimum atomic E-state index is -0.504. The number of rotatable bonds is 12. The highest BCUT2D eigenvalue weighted by atomic mass is 127. The zero-order valence-electron chi connectivity index (χ0n) is 17.1. The van der Waals surface area contributed by atoms with Crippen LogP contribution < -0.4 is 21.1 Å². The highest BCUT2D eigenvalue weighted by molar-refractivity contribution is 14.0.